The predicted octanol–water partition coefficient (Wildman–Crippen LogP) is -1.55. The van der Waals surface area contributed by atoms with E-state index in [0.29, 0.717) is 36.7 Å². The molecule has 14 nitrogen and oxygen atoms in total. The van der Waals surface area contributed by atoms with Crippen molar-refractivity contribution in [2.45, 2.75) is 49.3 Å². The van der Waals surface area contributed by atoms with Crippen LogP contribution in [0, 0.1) is 11.8 Å². The molecule has 5 saturated heterocycles. The molecule has 220 valence electrons. The van der Waals surface area contributed by atoms with Gasteiger partial charge in [-0.1, -0.05) is 21.6 Å². The van der Waals surface area contributed by atoms with E-state index in [1.165, 1.54) is 10.8 Å². The zero-order chi connectivity index (χ0) is 29.0. The fourth-order valence-corrected chi connectivity index (χ4v) is 9.08. The van der Waals surface area contributed by atoms with Gasteiger partial charge >= 0.3 is 12.1 Å². The van der Waals surface area contributed by atoms with Crippen molar-refractivity contribution in [1.29, 1.82) is 0 Å². The molecule has 9 atom stereocenters. The number of piperazine rings is 1. The summed E-state index contributed by atoms with van der Waals surface area (Å²) in [5.41, 5.74) is 9.62. The Hall–Kier alpha value is -2.37. The van der Waals surface area contributed by atoms with Crippen LogP contribution in [0.1, 0.15) is 19.8 Å². The number of nitrogens with zero attached hydrogens (tertiary/aromatic N) is 2. The lowest BCUT2D eigenvalue weighted by Crippen LogP contribution is -2.62. The van der Waals surface area contributed by atoms with Crippen molar-refractivity contribution in [2.24, 2.45) is 23.3 Å². The molecule has 1 aliphatic carbocycles. The van der Waals surface area contributed by atoms with Crippen molar-refractivity contribution in [3.8, 4) is 0 Å². The number of aliphatic carboxylic acids is 1. The van der Waals surface area contributed by atoms with Crippen LogP contribution in [-0.4, -0.2) is 119 Å². The van der Waals surface area contributed by atoms with E-state index in [0.717, 1.165) is 0 Å². The number of primary amides is 1. The van der Waals surface area contributed by atoms with E-state index in [2.05, 4.69) is 15.5 Å². The second-order valence-corrected chi connectivity index (χ2v) is 13.2. The van der Waals surface area contributed by atoms with E-state index in [9.17, 15) is 24.0 Å². The summed E-state index contributed by atoms with van der Waals surface area (Å²) in [7, 11) is 4.65. The molecular weight excluding hydrogens is 564 g/mol. The molecule has 6 rings (SSSR count). The van der Waals surface area contributed by atoms with Gasteiger partial charge in [0.05, 0.1) is 29.6 Å². The number of carbonyl (C=O) groups is 5. The smallest absolute Gasteiger partial charge is 0.404 e. The first-order chi connectivity index (χ1) is 19.0. The first-order valence-electron chi connectivity index (χ1n) is 13.1. The number of carboxylic acid groups (broad SMARTS) is 1. The molecule has 0 saturated carbocycles. The van der Waals surface area contributed by atoms with Gasteiger partial charge in [0.25, 0.3) is 0 Å². The molecule has 0 radical (unpaired) electrons. The van der Waals surface area contributed by atoms with Crippen molar-refractivity contribution >= 4 is 51.1 Å². The summed E-state index contributed by atoms with van der Waals surface area (Å²) >= 11 is 0. The number of ketones is 2. The molecule has 7 N–H and O–H groups in total. The Morgan fingerprint density at radius 3 is 2.55 bits per heavy atom. The third kappa shape index (κ3) is 4.14. The lowest BCUT2D eigenvalue weighted by atomic mass is 9.69. The maximum absolute atomic E-state index is 13.9. The maximum atomic E-state index is 13.9. The van der Waals surface area contributed by atoms with Gasteiger partial charge in [-0.2, -0.15) is 0 Å². The summed E-state index contributed by atoms with van der Waals surface area (Å²) in [5, 5.41) is 14.5. The van der Waals surface area contributed by atoms with E-state index in [-0.39, 0.29) is 54.7 Å². The quantitative estimate of drug-likeness (QED) is 0.0822. The molecule has 5 fully saturated rings. The van der Waals surface area contributed by atoms with Crippen LogP contribution in [0.5, 0.6) is 0 Å². The van der Waals surface area contributed by atoms with Crippen LogP contribution in [0.3, 0.4) is 0 Å². The number of hydrogen-bond acceptors (Lipinski definition) is 13. The number of carboxylic acids is 1. The Morgan fingerprint density at radius 1 is 1.23 bits per heavy atom. The van der Waals surface area contributed by atoms with Crippen LogP contribution in [0.4, 0.5) is 4.79 Å². The number of nitrogens with two attached hydrogens (primary N) is 2. The normalized spacial score (nSPS) is 36.9. The molecule has 2 amide bonds. The molecule has 16 heteroatoms. The minimum Gasteiger partial charge on any atom is -0.481 e. The minimum atomic E-state index is -1.10. The molecule has 5 heterocycles. The number of nitrogens with one attached hydrogen (secondary N) is 2. The predicted molar refractivity (Wildman–Crippen MR) is 145 cm³/mol. The Morgan fingerprint density at radius 2 is 1.93 bits per heavy atom. The maximum Gasteiger partial charge on any atom is 0.404 e. The van der Waals surface area contributed by atoms with Crippen molar-refractivity contribution in [3.05, 3.63) is 11.3 Å². The molecule has 0 aromatic rings. The summed E-state index contributed by atoms with van der Waals surface area (Å²) in [5.74, 6) is -1.73. The molecule has 5 aliphatic heterocycles. The van der Waals surface area contributed by atoms with Crippen molar-refractivity contribution < 1.29 is 38.6 Å². The fraction of sp³-hybridized carbons (Fsp3) is 0.708. The van der Waals surface area contributed by atoms with Crippen LogP contribution in [0.15, 0.2) is 11.3 Å². The van der Waals surface area contributed by atoms with Crippen molar-refractivity contribution in [1.82, 2.24) is 20.4 Å². The average Bonchev–Trinajstić information content (AvgIpc) is 3.18. The molecule has 6 aliphatic rings. The Labute approximate surface area is 238 Å². The van der Waals surface area contributed by atoms with Gasteiger partial charge in [0.15, 0.2) is 17.2 Å². The van der Waals surface area contributed by atoms with Gasteiger partial charge < -0.3 is 36.7 Å². The van der Waals surface area contributed by atoms with E-state index in [1.54, 1.807) is 24.8 Å². The highest BCUT2D eigenvalue weighted by atomic mass is 33.1. The number of methoxy groups -OCH3 is 1. The van der Waals surface area contributed by atoms with Crippen LogP contribution < -0.4 is 22.1 Å². The van der Waals surface area contributed by atoms with Crippen molar-refractivity contribution in [3.63, 3.8) is 0 Å². The first-order valence-corrected chi connectivity index (χ1v) is 15.6. The third-order valence-corrected chi connectivity index (χ3v) is 11.1. The number of allylic oxidation sites excluding steroid dienone is 1. The number of piperidine rings is 1. The Kier molecular flexibility index (Phi) is 7.86. The number of hydrogen-bond donors (Lipinski definition) is 5. The van der Waals surface area contributed by atoms with E-state index >= 15 is 0 Å². The number of amides is 2. The monoisotopic (exact) mass is 598 g/mol. The van der Waals surface area contributed by atoms with Crippen LogP contribution in [0.2, 0.25) is 0 Å². The standard InChI is InChI=1S/C24H34N6O8S2/c1-11-17(27-5-7-39-40-8-6-28-21(35)13(25)3-4-15(31)32)18(33)16-12(10-38-22(26)36)24(37-2)19-14-9-29(24)23(16,20(11)34)30(14)19/h12-14,16,19,27H,3-10,25H2,1-2H3,(H2,26,36)(H,28,35)(H,31,32)/t12-,13+,14+,16+,19+,23-,24-,30?/m1/s1. The highest BCUT2D eigenvalue weighted by Crippen LogP contribution is 2.75. The summed E-state index contributed by atoms with van der Waals surface area (Å²) in [6.07, 6.45) is -1.02. The highest BCUT2D eigenvalue weighted by molar-refractivity contribution is 8.76. The number of carbonyl (C=O) groups excluding carboxylic acids is 4. The van der Waals surface area contributed by atoms with E-state index in [1.807, 2.05) is 4.90 Å². The van der Waals surface area contributed by atoms with E-state index < -0.39 is 41.3 Å². The number of ether oxygens (including phenoxy) is 2. The Bertz CT molecular complexity index is 1170. The van der Waals surface area contributed by atoms with E-state index in [4.69, 9.17) is 26.0 Å². The lowest BCUT2D eigenvalue weighted by Gasteiger charge is -2.41. The van der Waals surface area contributed by atoms with Crippen molar-refractivity contribution in [2.75, 3.05) is 44.9 Å². The average molecular weight is 599 g/mol. The second-order valence-electron chi connectivity index (χ2n) is 10.5. The molecular formula is C24H34N6O8S2. The van der Waals surface area contributed by atoms with Gasteiger partial charge in [-0.3, -0.25) is 24.1 Å². The SMILES string of the molecule is CO[C@]12[C@H](COC(N)=O)[C@H]3C(=O)C(NCCSSCCNC(=O)[C@@H](N)CCC(=O)O)=C(C)C(=O)[C@]34N3[C@H]1[C@@H]3CN24. The summed E-state index contributed by atoms with van der Waals surface area (Å²) < 4.78 is 11.2. The molecule has 40 heavy (non-hydrogen) atoms. The Balaban J connectivity index is 1.14. The largest absolute Gasteiger partial charge is 0.481 e. The van der Waals surface area contributed by atoms with Gasteiger partial charge in [-0.25, -0.2) is 9.69 Å². The lowest BCUT2D eigenvalue weighted by molar-refractivity contribution is -0.141. The zero-order valence-corrected chi connectivity index (χ0v) is 23.8. The van der Waals surface area contributed by atoms with Gasteiger partial charge in [-0.05, 0) is 13.3 Å². The highest BCUT2D eigenvalue weighted by Gasteiger charge is 2.95. The van der Waals surface area contributed by atoms with Crippen LogP contribution in [0.25, 0.3) is 0 Å². The van der Waals surface area contributed by atoms with Gasteiger partial charge in [0.1, 0.15) is 12.3 Å². The molecule has 0 aromatic carbocycles. The number of Topliss-reactive ketones (excluding diaryl/α,β-unsaturated/α-hetero) is 2. The molecule has 1 spiro atoms. The molecule has 6 bridgehead atoms. The fourth-order valence-electron chi connectivity index (χ4n) is 7.27. The van der Waals surface area contributed by atoms with Crippen LogP contribution >= 0.6 is 21.6 Å². The van der Waals surface area contributed by atoms with Gasteiger partial charge in [0, 0.05) is 56.3 Å². The summed E-state index contributed by atoms with van der Waals surface area (Å²) in [6.45, 7) is 3.01. The first kappa shape index (κ1) is 29.1. The summed E-state index contributed by atoms with van der Waals surface area (Å²) in [4.78, 5) is 66.0. The van der Waals surface area contributed by atoms with Gasteiger partial charge in [0.2, 0.25) is 5.91 Å². The third-order valence-electron chi connectivity index (χ3n) is 8.69. The number of rotatable bonds is 15. The molecule has 0 aromatic heterocycles. The van der Waals surface area contributed by atoms with Gasteiger partial charge in [-0.15, -0.1) is 0 Å². The topological polar surface area (TPSA) is 206 Å². The minimum absolute atomic E-state index is 0.0204. The second kappa shape index (κ2) is 10.8. The molecule has 2 unspecified atom stereocenters. The summed E-state index contributed by atoms with van der Waals surface area (Å²) in [6, 6.07) is -0.739. The van der Waals surface area contributed by atoms with Crippen LogP contribution in [-0.2, 0) is 28.7 Å². The zero-order valence-electron chi connectivity index (χ0n) is 22.2.